The van der Waals surface area contributed by atoms with Crippen molar-refractivity contribution in [1.29, 1.82) is 0 Å². The van der Waals surface area contributed by atoms with E-state index in [-0.39, 0.29) is 16.9 Å². The van der Waals surface area contributed by atoms with E-state index >= 15 is 0 Å². The molecule has 1 heterocycles. The Morgan fingerprint density at radius 1 is 1.29 bits per heavy atom. The number of nitrogens with two attached hydrogens (primary N) is 1. The van der Waals surface area contributed by atoms with Gasteiger partial charge in [0.2, 0.25) is 0 Å². The van der Waals surface area contributed by atoms with Crippen LogP contribution in [0.25, 0.3) is 0 Å². The lowest BCUT2D eigenvalue weighted by Gasteiger charge is -2.50. The predicted octanol–water partition coefficient (Wildman–Crippen LogP) is -0.335. The molecule has 1 unspecified atom stereocenters. The second kappa shape index (κ2) is 2.93. The summed E-state index contributed by atoms with van der Waals surface area (Å²) in [7, 11) is -3.03. The minimum absolute atomic E-state index is 0.0861. The molecule has 0 aromatic rings. The van der Waals surface area contributed by atoms with Gasteiger partial charge in [-0.1, -0.05) is 6.42 Å². The molecule has 5 heteroatoms. The van der Waals surface area contributed by atoms with E-state index in [9.17, 15) is 13.5 Å². The van der Waals surface area contributed by atoms with Crippen LogP contribution in [0.4, 0.5) is 0 Å². The molecule has 1 aliphatic carbocycles. The molecular weight excluding hydrogens is 202 g/mol. The summed E-state index contributed by atoms with van der Waals surface area (Å²) in [6, 6.07) is 0. The molecule has 0 amide bonds. The van der Waals surface area contributed by atoms with E-state index in [0.717, 1.165) is 19.3 Å². The van der Waals surface area contributed by atoms with E-state index in [0.29, 0.717) is 13.0 Å². The molecule has 3 N–H and O–H groups in total. The number of hydrogen-bond donors (Lipinski definition) is 2. The average Bonchev–Trinajstić information content (AvgIpc) is 2.25. The number of aliphatic hydroxyl groups is 1. The molecule has 1 saturated heterocycles. The van der Waals surface area contributed by atoms with E-state index in [2.05, 4.69) is 0 Å². The molecule has 14 heavy (non-hydrogen) atoms. The zero-order valence-corrected chi connectivity index (χ0v) is 9.02. The van der Waals surface area contributed by atoms with Gasteiger partial charge >= 0.3 is 0 Å². The van der Waals surface area contributed by atoms with Crippen molar-refractivity contribution in [3.8, 4) is 0 Å². The summed E-state index contributed by atoms with van der Waals surface area (Å²) in [5.74, 6) is 0.0302. The third kappa shape index (κ3) is 1.30. The predicted molar refractivity (Wildman–Crippen MR) is 53.6 cm³/mol. The number of hydrogen-bond acceptors (Lipinski definition) is 4. The molecule has 0 spiro atoms. The maximum Gasteiger partial charge on any atom is 0.153 e. The summed E-state index contributed by atoms with van der Waals surface area (Å²) in [6.07, 6.45) is 3.16. The van der Waals surface area contributed by atoms with Crippen LogP contribution in [-0.2, 0) is 9.84 Å². The molecular formula is C9H17NO3S. The van der Waals surface area contributed by atoms with Crippen molar-refractivity contribution in [2.24, 2.45) is 11.1 Å². The Morgan fingerprint density at radius 2 is 1.93 bits per heavy atom. The normalized spacial score (nSPS) is 39.3. The van der Waals surface area contributed by atoms with Crippen LogP contribution in [-0.4, -0.2) is 37.2 Å². The largest absolute Gasteiger partial charge is 0.388 e. The van der Waals surface area contributed by atoms with Gasteiger partial charge in [-0.25, -0.2) is 8.42 Å². The van der Waals surface area contributed by atoms with Crippen molar-refractivity contribution < 1.29 is 13.5 Å². The van der Waals surface area contributed by atoms with Crippen molar-refractivity contribution >= 4 is 9.84 Å². The van der Waals surface area contributed by atoms with Crippen molar-refractivity contribution in [1.82, 2.24) is 0 Å². The third-order valence-corrected chi connectivity index (χ3v) is 5.72. The fraction of sp³-hybridized carbons (Fsp3) is 1.00. The molecule has 0 aromatic heterocycles. The van der Waals surface area contributed by atoms with E-state index in [1.807, 2.05) is 0 Å². The van der Waals surface area contributed by atoms with Crippen molar-refractivity contribution in [2.45, 2.75) is 31.3 Å². The fourth-order valence-corrected chi connectivity index (χ4v) is 4.68. The average molecular weight is 219 g/mol. The monoisotopic (exact) mass is 219 g/mol. The van der Waals surface area contributed by atoms with E-state index in [1.165, 1.54) is 0 Å². The third-order valence-electron chi connectivity index (χ3n) is 3.97. The second-order valence-electron chi connectivity index (χ2n) is 4.71. The van der Waals surface area contributed by atoms with Gasteiger partial charge in [0, 0.05) is 12.0 Å². The van der Waals surface area contributed by atoms with Gasteiger partial charge in [0.05, 0.1) is 17.1 Å². The Labute approximate surface area is 84.4 Å². The summed E-state index contributed by atoms with van der Waals surface area (Å²) in [5.41, 5.74) is 4.32. The maximum atomic E-state index is 11.3. The van der Waals surface area contributed by atoms with Gasteiger partial charge in [-0.3, -0.25) is 0 Å². The highest BCUT2D eigenvalue weighted by Gasteiger charge is 2.57. The lowest BCUT2D eigenvalue weighted by atomic mass is 9.58. The first kappa shape index (κ1) is 10.4. The molecule has 1 aliphatic heterocycles. The van der Waals surface area contributed by atoms with Crippen molar-refractivity contribution in [3.63, 3.8) is 0 Å². The maximum absolute atomic E-state index is 11.3. The quantitative estimate of drug-likeness (QED) is 0.666. The van der Waals surface area contributed by atoms with Gasteiger partial charge in [-0.2, -0.15) is 0 Å². The van der Waals surface area contributed by atoms with Crippen LogP contribution in [0.1, 0.15) is 25.7 Å². The van der Waals surface area contributed by atoms with Gasteiger partial charge in [-0.05, 0) is 19.3 Å². The SMILES string of the molecule is NCC1(C2(O)CCS(=O)(=O)C2)CCC1. The molecule has 2 rings (SSSR count). The topological polar surface area (TPSA) is 80.4 Å². The Balaban J connectivity index is 2.25. The van der Waals surface area contributed by atoms with Gasteiger partial charge in [-0.15, -0.1) is 0 Å². The van der Waals surface area contributed by atoms with Crippen LogP contribution in [0.2, 0.25) is 0 Å². The van der Waals surface area contributed by atoms with Crippen LogP contribution in [0.5, 0.6) is 0 Å². The Hall–Kier alpha value is -0.130. The highest BCUT2D eigenvalue weighted by Crippen LogP contribution is 2.52. The zero-order valence-electron chi connectivity index (χ0n) is 8.20. The first-order chi connectivity index (χ1) is 6.43. The molecule has 1 saturated carbocycles. The minimum Gasteiger partial charge on any atom is -0.388 e. The van der Waals surface area contributed by atoms with Gasteiger partial charge in [0.15, 0.2) is 9.84 Å². The van der Waals surface area contributed by atoms with Crippen LogP contribution in [0, 0.1) is 5.41 Å². The van der Waals surface area contributed by atoms with Crippen LogP contribution >= 0.6 is 0 Å². The number of rotatable bonds is 2. The van der Waals surface area contributed by atoms with E-state index in [1.54, 1.807) is 0 Å². The second-order valence-corrected chi connectivity index (χ2v) is 6.90. The smallest absolute Gasteiger partial charge is 0.153 e. The minimum atomic E-state index is -3.03. The summed E-state index contributed by atoms with van der Waals surface area (Å²) < 4.78 is 22.7. The van der Waals surface area contributed by atoms with Gasteiger partial charge in [0.25, 0.3) is 0 Å². The van der Waals surface area contributed by atoms with E-state index in [4.69, 9.17) is 5.73 Å². The van der Waals surface area contributed by atoms with E-state index < -0.39 is 15.4 Å². The highest BCUT2D eigenvalue weighted by molar-refractivity contribution is 7.91. The Morgan fingerprint density at radius 3 is 2.21 bits per heavy atom. The zero-order chi connectivity index (χ0) is 10.4. The van der Waals surface area contributed by atoms with Crippen molar-refractivity contribution in [2.75, 3.05) is 18.1 Å². The van der Waals surface area contributed by atoms with Gasteiger partial charge in [0.1, 0.15) is 0 Å². The molecule has 0 radical (unpaired) electrons. The molecule has 2 aliphatic rings. The molecule has 0 aromatic carbocycles. The van der Waals surface area contributed by atoms with Crippen LogP contribution in [0.3, 0.4) is 0 Å². The standard InChI is InChI=1S/C9H17NO3S/c10-6-8(2-1-3-8)9(11)4-5-14(12,13)7-9/h11H,1-7,10H2. The molecule has 0 bridgehead atoms. The first-order valence-electron chi connectivity index (χ1n) is 5.06. The van der Waals surface area contributed by atoms with Gasteiger partial charge < -0.3 is 10.8 Å². The molecule has 82 valence electrons. The number of sulfone groups is 1. The fourth-order valence-electron chi connectivity index (χ4n) is 2.71. The lowest BCUT2D eigenvalue weighted by molar-refractivity contribution is -0.104. The summed E-state index contributed by atoms with van der Waals surface area (Å²) in [4.78, 5) is 0. The highest BCUT2D eigenvalue weighted by atomic mass is 32.2. The first-order valence-corrected chi connectivity index (χ1v) is 6.88. The molecule has 2 fully saturated rings. The Kier molecular flexibility index (Phi) is 2.18. The Bertz CT molecular complexity index is 328. The molecule has 1 atom stereocenters. The van der Waals surface area contributed by atoms with Crippen LogP contribution < -0.4 is 5.73 Å². The summed E-state index contributed by atoms with van der Waals surface area (Å²) in [6.45, 7) is 0.402. The summed E-state index contributed by atoms with van der Waals surface area (Å²) >= 11 is 0. The lowest BCUT2D eigenvalue weighted by Crippen LogP contribution is -2.57. The van der Waals surface area contributed by atoms with Crippen LogP contribution in [0.15, 0.2) is 0 Å². The molecule has 4 nitrogen and oxygen atoms in total. The summed E-state index contributed by atoms with van der Waals surface area (Å²) in [5, 5.41) is 10.3. The van der Waals surface area contributed by atoms with Crippen molar-refractivity contribution in [3.05, 3.63) is 0 Å².